The molecular weight excluding hydrogens is 973 g/mol. The third-order valence-corrected chi connectivity index (χ3v) is 10.4. The first-order valence-electron chi connectivity index (χ1n) is 19.3. The van der Waals surface area contributed by atoms with Crippen molar-refractivity contribution in [2.45, 2.75) is 89.4 Å². The molecule has 0 aliphatic rings. The Hall–Kier alpha value is -4.78. The van der Waals surface area contributed by atoms with Crippen molar-refractivity contribution >= 4 is 28.0 Å². The van der Waals surface area contributed by atoms with Crippen LogP contribution in [0.1, 0.15) is 84.5 Å². The molecule has 0 atom stereocenters. The van der Waals surface area contributed by atoms with Gasteiger partial charge in [0.2, 0.25) is 0 Å². The number of benzene rings is 4. The summed E-state index contributed by atoms with van der Waals surface area (Å²) in [5.74, 6) is 0. The average Bonchev–Trinajstić information content (AvgIpc) is 3.16. The number of quaternary nitrogens is 1. The van der Waals surface area contributed by atoms with Gasteiger partial charge < -0.3 is 4.90 Å². The van der Waals surface area contributed by atoms with Crippen LogP contribution in [0.2, 0.25) is 0 Å². The quantitative estimate of drug-likeness (QED) is 0.119. The molecule has 0 spiro atoms. The first-order chi connectivity index (χ1) is 30.2. The van der Waals surface area contributed by atoms with E-state index in [1.807, 2.05) is 0 Å². The number of rotatable bonds is 10. The summed E-state index contributed by atoms with van der Waals surface area (Å²) in [6.07, 6.45) is -58.5. The van der Waals surface area contributed by atoms with Crippen LogP contribution in [0.4, 0.5) is 105 Å². The standard InChI is InChI=1S/C32H12BF24.C9H21N/c34-25(35,36)13-5-1-6-14(26(37,38)39)21(13)33(22-15(27(40,41)42)7-2-8-16(22)28(43,44)45,23-17(29(46,47)48)9-3-10-18(23)30(49,50)51)24-19(31(52,53)54)11-4-12-20(24)32(55,56)57;1-4-7-10(8-5-2)9-6-3/h1-12H;4-9H2,1-3H3/q-1;/p+1. The Kier molecular flexibility index (Phi) is 16.6. The minimum atomic E-state index is -7.76. The highest BCUT2D eigenvalue weighted by atomic mass is 19.4. The van der Waals surface area contributed by atoms with Crippen LogP contribution >= 0.6 is 0 Å². The van der Waals surface area contributed by atoms with Crippen LogP contribution < -0.4 is 26.8 Å². The predicted octanol–water partition coefficient (Wildman–Crippen LogP) is 12.3. The molecule has 0 bridgehead atoms. The molecule has 0 aliphatic heterocycles. The van der Waals surface area contributed by atoms with Gasteiger partial charge in [-0.1, -0.05) is 93.6 Å². The van der Waals surface area contributed by atoms with E-state index in [2.05, 4.69) is 20.8 Å². The second-order valence-electron chi connectivity index (χ2n) is 14.9. The number of hydrogen-bond donors (Lipinski definition) is 1. The number of halogens is 24. The summed E-state index contributed by atoms with van der Waals surface area (Å²) in [6, 6.07) is -8.09. The van der Waals surface area contributed by atoms with Gasteiger partial charge in [-0.05, 0) is 19.3 Å². The monoisotopic (exact) mass is 1010 g/mol. The van der Waals surface area contributed by atoms with E-state index in [-0.39, 0.29) is 0 Å². The van der Waals surface area contributed by atoms with Crippen molar-refractivity contribution in [1.29, 1.82) is 0 Å². The largest absolute Gasteiger partial charge is 0.413 e. The lowest BCUT2D eigenvalue weighted by Crippen LogP contribution is -3.11. The molecule has 1 N–H and O–H groups in total. The van der Waals surface area contributed by atoms with Crippen molar-refractivity contribution < 1.29 is 110 Å². The van der Waals surface area contributed by atoms with Gasteiger partial charge in [0.05, 0.1) is 19.6 Å². The van der Waals surface area contributed by atoms with Crippen LogP contribution in [0.25, 0.3) is 0 Å². The maximum absolute atomic E-state index is 15.0. The van der Waals surface area contributed by atoms with E-state index in [4.69, 9.17) is 0 Å². The first kappa shape index (κ1) is 56.5. The fourth-order valence-electron chi connectivity index (χ4n) is 8.41. The van der Waals surface area contributed by atoms with Crippen LogP contribution in [0.15, 0.2) is 72.8 Å². The molecule has 374 valence electrons. The SMILES string of the molecule is CCC[NH+](CCC)CCC.FC(F)(F)c1cccc(C(F)(F)F)c1[B-](c1c(C(F)(F)F)cccc1C(F)(F)F)(c1c(C(F)(F)F)cccc1C(F)(F)F)c1c(C(F)(F)F)cccc1C(F)(F)F. The zero-order chi connectivity index (χ0) is 51.7. The second-order valence-corrected chi connectivity index (χ2v) is 14.9. The molecule has 0 radical (unpaired) electrons. The molecule has 0 amide bonds. The van der Waals surface area contributed by atoms with E-state index in [9.17, 15) is 0 Å². The molecule has 4 aromatic rings. The molecule has 1 nitrogen and oxygen atoms in total. The zero-order valence-corrected chi connectivity index (χ0v) is 34.3. The molecule has 0 saturated heterocycles. The van der Waals surface area contributed by atoms with E-state index >= 15 is 105 Å². The Morgan fingerprint density at radius 2 is 0.418 bits per heavy atom. The summed E-state index contributed by atoms with van der Waals surface area (Å²) in [4.78, 5) is 1.78. The van der Waals surface area contributed by atoms with E-state index in [0.717, 1.165) is 0 Å². The highest BCUT2D eigenvalue weighted by molar-refractivity contribution is 7.21. The minimum Gasteiger partial charge on any atom is -0.335 e. The Labute approximate surface area is 364 Å². The highest BCUT2D eigenvalue weighted by Crippen LogP contribution is 2.46. The lowest BCUT2D eigenvalue weighted by atomic mass is 9.10. The van der Waals surface area contributed by atoms with E-state index in [1.54, 1.807) is 4.90 Å². The van der Waals surface area contributed by atoms with Gasteiger partial charge in [0.15, 0.2) is 0 Å². The molecule has 4 rings (SSSR count). The second kappa shape index (κ2) is 19.7. The Morgan fingerprint density at radius 3 is 0.522 bits per heavy atom. The molecule has 0 fully saturated rings. The van der Waals surface area contributed by atoms with Gasteiger partial charge in [-0.25, -0.2) is 0 Å². The topological polar surface area (TPSA) is 4.44 Å². The maximum Gasteiger partial charge on any atom is 0.413 e. The fourth-order valence-corrected chi connectivity index (χ4v) is 8.41. The van der Waals surface area contributed by atoms with Gasteiger partial charge >= 0.3 is 49.4 Å². The third kappa shape index (κ3) is 12.3. The van der Waals surface area contributed by atoms with E-state index in [0.29, 0.717) is 0 Å². The van der Waals surface area contributed by atoms with Crippen molar-refractivity contribution in [3.63, 3.8) is 0 Å². The van der Waals surface area contributed by atoms with Crippen LogP contribution in [0.5, 0.6) is 0 Å². The molecule has 0 aromatic heterocycles. The Morgan fingerprint density at radius 1 is 0.284 bits per heavy atom. The summed E-state index contributed by atoms with van der Waals surface area (Å²) in [6.45, 7) is 10.9. The zero-order valence-electron chi connectivity index (χ0n) is 34.3. The van der Waals surface area contributed by atoms with Crippen LogP contribution in [0, 0.1) is 0 Å². The summed E-state index contributed by atoms with van der Waals surface area (Å²) >= 11 is 0. The van der Waals surface area contributed by atoms with Crippen LogP contribution in [-0.4, -0.2) is 25.8 Å². The molecule has 0 unspecified atom stereocenters. The number of nitrogens with one attached hydrogen (secondary N) is 1. The summed E-state index contributed by atoms with van der Waals surface area (Å²) in [7, 11) is 0. The summed E-state index contributed by atoms with van der Waals surface area (Å²) in [5.41, 5.74) is -42.7. The number of hydrogen-bond acceptors (Lipinski definition) is 0. The molecular formula is C41H34BF24N. The molecule has 4 aromatic carbocycles. The first-order valence-corrected chi connectivity index (χ1v) is 19.3. The highest BCUT2D eigenvalue weighted by Gasteiger charge is 2.58. The van der Waals surface area contributed by atoms with Gasteiger partial charge in [-0.2, -0.15) is 127 Å². The van der Waals surface area contributed by atoms with Crippen molar-refractivity contribution in [3.8, 4) is 0 Å². The predicted molar refractivity (Wildman–Crippen MR) is 197 cm³/mol. The Balaban J connectivity index is 0.00000106. The molecule has 26 heteroatoms. The summed E-state index contributed by atoms with van der Waals surface area (Å²) in [5, 5.41) is 0. The lowest BCUT2D eigenvalue weighted by molar-refractivity contribution is -0.900. The lowest BCUT2D eigenvalue weighted by Gasteiger charge is -2.52. The molecule has 0 heterocycles. The molecule has 0 saturated carbocycles. The van der Waals surface area contributed by atoms with Gasteiger partial charge in [0, 0.05) is 44.5 Å². The fraction of sp³-hybridized carbons (Fsp3) is 0.415. The van der Waals surface area contributed by atoms with Gasteiger partial charge in [-0.3, -0.25) is 0 Å². The molecule has 0 aliphatic carbocycles. The van der Waals surface area contributed by atoms with Gasteiger partial charge in [0.25, 0.3) is 0 Å². The van der Waals surface area contributed by atoms with Crippen molar-refractivity contribution in [2.75, 3.05) is 19.6 Å². The smallest absolute Gasteiger partial charge is 0.335 e. The van der Waals surface area contributed by atoms with Crippen molar-refractivity contribution in [3.05, 3.63) is 117 Å². The molecule has 67 heavy (non-hydrogen) atoms. The normalized spacial score (nSPS) is 13.8. The van der Waals surface area contributed by atoms with Crippen molar-refractivity contribution in [1.82, 2.24) is 0 Å². The third-order valence-electron chi connectivity index (χ3n) is 10.4. The summed E-state index contributed by atoms with van der Waals surface area (Å²) < 4.78 is 360. The van der Waals surface area contributed by atoms with E-state index < -0.39 is 195 Å². The average molecular weight is 1010 g/mol. The minimum absolute atomic E-state index is 0.406. The van der Waals surface area contributed by atoms with E-state index in [1.165, 1.54) is 38.9 Å². The Bertz CT molecular complexity index is 1850. The van der Waals surface area contributed by atoms with Crippen molar-refractivity contribution in [2.24, 2.45) is 0 Å². The maximum atomic E-state index is 15.0. The van der Waals surface area contributed by atoms with Crippen LogP contribution in [0.3, 0.4) is 0 Å². The number of alkyl halides is 24. The van der Waals surface area contributed by atoms with Crippen LogP contribution in [-0.2, 0) is 49.4 Å². The van der Waals surface area contributed by atoms with Gasteiger partial charge in [0.1, 0.15) is 6.15 Å². The van der Waals surface area contributed by atoms with Gasteiger partial charge in [-0.15, -0.1) is 0 Å².